The minimum atomic E-state index is -0.859. The number of carbonyl (C=O) groups excluding carboxylic acids is 2. The third-order valence-electron chi connectivity index (χ3n) is 15.4. The topological polar surface area (TPSA) is 117 Å². The summed E-state index contributed by atoms with van der Waals surface area (Å²) in [5.74, 6) is 1.55. The number of nitrogens with one attached hydrogen (secondary N) is 2. The lowest BCUT2D eigenvalue weighted by atomic mass is 9.35. The molecule has 1 heterocycles. The molecule has 5 aliphatic rings. The Morgan fingerprint density at radius 2 is 1.51 bits per heavy atom. The molecule has 0 radical (unpaired) electrons. The fourth-order valence-corrected chi connectivity index (χ4v) is 12.7. The number of ether oxygens (including phenoxy) is 2. The van der Waals surface area contributed by atoms with Crippen LogP contribution in [0.15, 0.2) is 0 Å². The van der Waals surface area contributed by atoms with Crippen LogP contribution in [0, 0.1) is 45.3 Å². The molecular formula is C41H72N2O6. The van der Waals surface area contributed by atoms with Crippen LogP contribution in [0.5, 0.6) is 0 Å². The number of carbonyl (C=O) groups is 2. The molecule has 5 fully saturated rings. The highest BCUT2D eigenvalue weighted by Gasteiger charge is 2.72. The van der Waals surface area contributed by atoms with E-state index >= 15 is 0 Å². The van der Waals surface area contributed by atoms with Crippen molar-refractivity contribution in [2.24, 2.45) is 45.3 Å². The fourth-order valence-electron chi connectivity index (χ4n) is 12.7. The van der Waals surface area contributed by atoms with Crippen molar-refractivity contribution < 1.29 is 29.3 Å². The number of alkyl carbamates (subject to hydrolysis) is 1. The summed E-state index contributed by atoms with van der Waals surface area (Å²) in [6.45, 7) is 24.5. The van der Waals surface area contributed by atoms with Gasteiger partial charge >= 0.3 is 6.09 Å². The van der Waals surface area contributed by atoms with Crippen molar-refractivity contribution in [3.63, 3.8) is 0 Å². The summed E-state index contributed by atoms with van der Waals surface area (Å²) in [6.07, 6.45) is 11.3. The molecule has 11 atom stereocenters. The van der Waals surface area contributed by atoms with Gasteiger partial charge in [0.25, 0.3) is 0 Å². The maximum absolute atomic E-state index is 13.2. The summed E-state index contributed by atoms with van der Waals surface area (Å²) in [5, 5.41) is 29.2. The van der Waals surface area contributed by atoms with Crippen molar-refractivity contribution in [2.45, 2.75) is 195 Å². The Morgan fingerprint density at radius 1 is 0.837 bits per heavy atom. The zero-order valence-corrected chi connectivity index (χ0v) is 33.0. The Bertz CT molecular complexity index is 1220. The Balaban J connectivity index is 1.20. The molecule has 49 heavy (non-hydrogen) atoms. The molecule has 4 N–H and O–H groups in total. The third kappa shape index (κ3) is 7.06. The largest absolute Gasteiger partial charge is 0.444 e. The van der Waals surface area contributed by atoms with Gasteiger partial charge in [-0.15, -0.1) is 0 Å². The highest BCUT2D eigenvalue weighted by molar-refractivity contribution is 5.76. The predicted molar refractivity (Wildman–Crippen MR) is 194 cm³/mol. The molecule has 1 saturated heterocycles. The predicted octanol–water partition coefficient (Wildman–Crippen LogP) is 7.92. The van der Waals surface area contributed by atoms with E-state index in [9.17, 15) is 19.8 Å². The van der Waals surface area contributed by atoms with Crippen LogP contribution in [0.4, 0.5) is 4.79 Å². The van der Waals surface area contributed by atoms with Gasteiger partial charge in [-0.05, 0) is 158 Å². The monoisotopic (exact) mass is 689 g/mol. The molecule has 8 nitrogen and oxygen atoms in total. The molecule has 1 aliphatic heterocycles. The molecule has 2 amide bonds. The van der Waals surface area contributed by atoms with Crippen molar-refractivity contribution in [1.82, 2.24) is 10.6 Å². The minimum absolute atomic E-state index is 0.0325. The molecule has 0 spiro atoms. The average Bonchev–Trinajstić information content (AvgIpc) is 3.56. The first kappa shape index (κ1) is 38.8. The van der Waals surface area contributed by atoms with E-state index in [2.05, 4.69) is 52.2 Å². The number of fused-ring (bicyclic) bond motifs is 5. The molecule has 0 aromatic carbocycles. The van der Waals surface area contributed by atoms with E-state index in [0.29, 0.717) is 30.7 Å². The van der Waals surface area contributed by atoms with E-state index in [1.54, 1.807) is 0 Å². The number of unbranched alkanes of at least 4 members (excludes halogenated alkanes) is 2. The van der Waals surface area contributed by atoms with Gasteiger partial charge in [0.05, 0.1) is 23.4 Å². The summed E-state index contributed by atoms with van der Waals surface area (Å²) in [4.78, 5) is 25.1. The third-order valence-corrected chi connectivity index (χ3v) is 15.4. The molecule has 8 heteroatoms. The van der Waals surface area contributed by atoms with Gasteiger partial charge in [-0.25, -0.2) is 4.79 Å². The van der Waals surface area contributed by atoms with E-state index in [4.69, 9.17) is 9.47 Å². The van der Waals surface area contributed by atoms with Gasteiger partial charge < -0.3 is 30.3 Å². The van der Waals surface area contributed by atoms with E-state index in [1.807, 2.05) is 34.6 Å². The molecule has 0 unspecified atom stereocenters. The standard InChI is InChI=1S/C41H72N2O6/c1-35(2,3)49-34(46)42-24-14-12-13-15-32(45)43-30-18-20-38(8)28(36(30,4)5)17-22-39(9)29(38)25-27(44)33-26(16-21-40(33,39)10)41(11)23-19-31(48-41)37(6,7)47/h26-31,33,44,47H,12-25H2,1-11H3,(H,42,46)(H,43,45)/t26-,27+,28-,29+,30-,31-,33-,38-,39+,40+,41-/m0/s1. The average molecular weight is 689 g/mol. The van der Waals surface area contributed by atoms with E-state index in [1.165, 1.54) is 0 Å². The maximum atomic E-state index is 13.2. The summed E-state index contributed by atoms with van der Waals surface area (Å²) >= 11 is 0. The molecule has 282 valence electrons. The summed E-state index contributed by atoms with van der Waals surface area (Å²) in [5.41, 5.74) is -1.45. The lowest BCUT2D eigenvalue weighted by Crippen LogP contribution is -2.67. The molecule has 0 aromatic heterocycles. The SMILES string of the molecule is CC(C)(C)OC(=O)NCCCCCC(=O)N[C@H]1CC[C@]2(C)[C@H]3C[C@@H](O)[C@@H]4[C@@H]([C@]5(C)CC[C@@H](C(C)(C)O)O5)CC[C@@]4(C)[C@]3(C)CC[C@H]2C1(C)C. The lowest BCUT2D eigenvalue weighted by Gasteiger charge is -2.71. The molecular weight excluding hydrogens is 616 g/mol. The lowest BCUT2D eigenvalue weighted by molar-refractivity contribution is -0.240. The van der Waals surface area contributed by atoms with Gasteiger partial charge in [0.15, 0.2) is 0 Å². The summed E-state index contributed by atoms with van der Waals surface area (Å²) < 4.78 is 12.0. The number of rotatable bonds is 9. The van der Waals surface area contributed by atoms with E-state index in [-0.39, 0.29) is 57.3 Å². The number of hydrogen-bond donors (Lipinski definition) is 4. The molecule has 4 saturated carbocycles. The molecule has 0 bridgehead atoms. The molecule has 5 rings (SSSR count). The second-order valence-electron chi connectivity index (χ2n) is 20.3. The van der Waals surface area contributed by atoms with Gasteiger partial charge in [0.2, 0.25) is 5.91 Å². The van der Waals surface area contributed by atoms with Crippen LogP contribution in [0.2, 0.25) is 0 Å². The van der Waals surface area contributed by atoms with Gasteiger partial charge in [0.1, 0.15) is 5.60 Å². The Kier molecular flexibility index (Phi) is 10.5. The van der Waals surface area contributed by atoms with Crippen molar-refractivity contribution in [3.05, 3.63) is 0 Å². The van der Waals surface area contributed by atoms with Crippen LogP contribution in [-0.4, -0.2) is 63.8 Å². The summed E-state index contributed by atoms with van der Waals surface area (Å²) in [6, 6.07) is 0.146. The van der Waals surface area contributed by atoms with Crippen molar-refractivity contribution >= 4 is 12.0 Å². The summed E-state index contributed by atoms with van der Waals surface area (Å²) in [7, 11) is 0. The zero-order valence-electron chi connectivity index (χ0n) is 33.0. The number of aliphatic hydroxyl groups is 2. The second kappa shape index (κ2) is 13.2. The fraction of sp³-hybridized carbons (Fsp3) is 0.951. The Morgan fingerprint density at radius 3 is 2.14 bits per heavy atom. The highest BCUT2D eigenvalue weighted by atomic mass is 16.6. The smallest absolute Gasteiger partial charge is 0.407 e. The van der Waals surface area contributed by atoms with Gasteiger partial charge in [0, 0.05) is 19.0 Å². The second-order valence-corrected chi connectivity index (χ2v) is 20.3. The van der Waals surface area contributed by atoms with Crippen molar-refractivity contribution in [3.8, 4) is 0 Å². The number of amides is 2. The van der Waals surface area contributed by atoms with Crippen LogP contribution in [0.3, 0.4) is 0 Å². The van der Waals surface area contributed by atoms with Gasteiger partial charge in [-0.3, -0.25) is 4.79 Å². The van der Waals surface area contributed by atoms with Crippen LogP contribution >= 0.6 is 0 Å². The Hall–Kier alpha value is -1.38. The first-order chi connectivity index (χ1) is 22.5. The van der Waals surface area contributed by atoms with Crippen LogP contribution in [-0.2, 0) is 14.3 Å². The van der Waals surface area contributed by atoms with Crippen molar-refractivity contribution in [1.29, 1.82) is 0 Å². The maximum Gasteiger partial charge on any atom is 0.407 e. The zero-order chi connectivity index (χ0) is 36.4. The van der Waals surface area contributed by atoms with E-state index < -0.39 is 17.3 Å². The van der Waals surface area contributed by atoms with Crippen LogP contribution in [0.25, 0.3) is 0 Å². The molecule has 4 aliphatic carbocycles. The van der Waals surface area contributed by atoms with Crippen LogP contribution < -0.4 is 10.6 Å². The quantitative estimate of drug-likeness (QED) is 0.183. The molecule has 0 aromatic rings. The number of hydrogen-bond acceptors (Lipinski definition) is 6. The van der Waals surface area contributed by atoms with Crippen molar-refractivity contribution in [2.75, 3.05) is 6.54 Å². The van der Waals surface area contributed by atoms with Crippen LogP contribution in [0.1, 0.15) is 160 Å². The first-order valence-corrected chi connectivity index (χ1v) is 19.8. The number of aliphatic hydroxyl groups excluding tert-OH is 1. The first-order valence-electron chi connectivity index (χ1n) is 19.8. The Labute approximate surface area is 298 Å². The highest BCUT2D eigenvalue weighted by Crippen LogP contribution is 2.76. The minimum Gasteiger partial charge on any atom is -0.444 e. The normalized spacial score (nSPS) is 43.2. The van der Waals surface area contributed by atoms with Gasteiger partial charge in [-0.2, -0.15) is 0 Å². The van der Waals surface area contributed by atoms with E-state index in [0.717, 1.165) is 77.0 Å². The van der Waals surface area contributed by atoms with Gasteiger partial charge in [-0.1, -0.05) is 41.0 Å².